The highest BCUT2D eigenvalue weighted by Crippen LogP contribution is 2.09. The fourth-order valence-electron chi connectivity index (χ4n) is 2.00. The quantitative estimate of drug-likeness (QED) is 0.744. The van der Waals surface area contributed by atoms with Gasteiger partial charge in [0.2, 0.25) is 5.91 Å². The van der Waals surface area contributed by atoms with E-state index < -0.39 is 0 Å². The molecule has 17 heavy (non-hydrogen) atoms. The maximum atomic E-state index is 11.6. The second kappa shape index (κ2) is 5.68. The molecule has 2 rings (SSSR count). The summed E-state index contributed by atoms with van der Waals surface area (Å²) >= 11 is 0. The Morgan fingerprint density at radius 3 is 2.76 bits per heavy atom. The minimum Gasteiger partial charge on any atom is -0.468 e. The van der Waals surface area contributed by atoms with Gasteiger partial charge in [-0.25, -0.2) is 0 Å². The number of carbonyl (C=O) groups is 1. The van der Waals surface area contributed by atoms with E-state index in [2.05, 4.69) is 4.90 Å². The number of furan rings is 1. The first-order chi connectivity index (χ1) is 8.29. The SMILES string of the molecule is CC=CC(=O)N1CCN(Cc2ccco2)CC1. The fourth-order valence-corrected chi connectivity index (χ4v) is 2.00. The van der Waals surface area contributed by atoms with E-state index in [-0.39, 0.29) is 5.91 Å². The molecule has 1 aromatic heterocycles. The summed E-state index contributed by atoms with van der Waals surface area (Å²) in [4.78, 5) is 15.8. The van der Waals surface area contributed by atoms with Crippen LogP contribution in [-0.4, -0.2) is 41.9 Å². The Hall–Kier alpha value is -1.55. The monoisotopic (exact) mass is 234 g/mol. The average molecular weight is 234 g/mol. The lowest BCUT2D eigenvalue weighted by molar-refractivity contribution is -0.127. The summed E-state index contributed by atoms with van der Waals surface area (Å²) in [6.45, 7) is 6.10. The maximum absolute atomic E-state index is 11.6. The van der Waals surface area contributed by atoms with Crippen LogP contribution in [0.4, 0.5) is 0 Å². The molecule has 0 atom stereocenters. The van der Waals surface area contributed by atoms with Crippen LogP contribution in [0.5, 0.6) is 0 Å². The molecule has 1 aromatic rings. The molecule has 0 spiro atoms. The molecule has 0 unspecified atom stereocenters. The number of carbonyl (C=O) groups excluding carboxylic acids is 1. The summed E-state index contributed by atoms with van der Waals surface area (Å²) in [6.07, 6.45) is 5.11. The molecular formula is C13H18N2O2. The zero-order valence-electron chi connectivity index (χ0n) is 10.1. The smallest absolute Gasteiger partial charge is 0.246 e. The summed E-state index contributed by atoms with van der Waals surface area (Å²) in [7, 11) is 0. The Kier molecular flexibility index (Phi) is 3.98. The molecule has 0 N–H and O–H groups in total. The molecule has 4 heteroatoms. The maximum Gasteiger partial charge on any atom is 0.246 e. The molecule has 92 valence electrons. The number of hydrogen-bond acceptors (Lipinski definition) is 3. The molecule has 0 saturated carbocycles. The zero-order chi connectivity index (χ0) is 12.1. The van der Waals surface area contributed by atoms with Gasteiger partial charge in [-0.05, 0) is 25.1 Å². The van der Waals surface area contributed by atoms with E-state index in [0.29, 0.717) is 0 Å². The minimum absolute atomic E-state index is 0.116. The summed E-state index contributed by atoms with van der Waals surface area (Å²) in [5.74, 6) is 1.10. The van der Waals surface area contributed by atoms with E-state index in [1.165, 1.54) is 0 Å². The molecule has 1 amide bonds. The molecular weight excluding hydrogens is 216 g/mol. The Bertz CT molecular complexity index is 376. The highest BCUT2D eigenvalue weighted by Gasteiger charge is 2.19. The largest absolute Gasteiger partial charge is 0.468 e. The van der Waals surface area contributed by atoms with Gasteiger partial charge in [-0.3, -0.25) is 9.69 Å². The van der Waals surface area contributed by atoms with E-state index in [0.717, 1.165) is 38.5 Å². The first kappa shape index (κ1) is 11.9. The third-order valence-electron chi connectivity index (χ3n) is 2.95. The Labute approximate surface area is 101 Å². The van der Waals surface area contributed by atoms with Gasteiger partial charge in [0.1, 0.15) is 5.76 Å². The molecule has 0 radical (unpaired) electrons. The number of rotatable bonds is 3. The predicted molar refractivity (Wildman–Crippen MR) is 65.4 cm³/mol. The topological polar surface area (TPSA) is 36.7 Å². The molecule has 1 aliphatic heterocycles. The van der Waals surface area contributed by atoms with Crippen LogP contribution in [-0.2, 0) is 11.3 Å². The summed E-state index contributed by atoms with van der Waals surface area (Å²) in [6, 6.07) is 3.89. The van der Waals surface area contributed by atoms with Gasteiger partial charge in [0, 0.05) is 26.2 Å². The van der Waals surface area contributed by atoms with Gasteiger partial charge in [-0.15, -0.1) is 0 Å². The lowest BCUT2D eigenvalue weighted by Crippen LogP contribution is -2.47. The van der Waals surface area contributed by atoms with Gasteiger partial charge >= 0.3 is 0 Å². The van der Waals surface area contributed by atoms with Gasteiger partial charge in [0.15, 0.2) is 0 Å². The second-order valence-corrected chi connectivity index (χ2v) is 4.18. The number of allylic oxidation sites excluding steroid dienone is 1. The number of amides is 1. The van der Waals surface area contributed by atoms with Crippen molar-refractivity contribution >= 4 is 5.91 Å². The normalized spacial score (nSPS) is 17.8. The molecule has 0 bridgehead atoms. The van der Waals surface area contributed by atoms with Crippen molar-refractivity contribution in [1.82, 2.24) is 9.80 Å². The third kappa shape index (κ3) is 3.20. The standard InChI is InChI=1S/C13H18N2O2/c1-2-4-13(16)15-8-6-14(7-9-15)11-12-5-3-10-17-12/h2-5,10H,6-9,11H2,1H3. The summed E-state index contributed by atoms with van der Waals surface area (Å²) in [5.41, 5.74) is 0. The summed E-state index contributed by atoms with van der Waals surface area (Å²) in [5, 5.41) is 0. The van der Waals surface area contributed by atoms with Gasteiger partial charge in [0.05, 0.1) is 12.8 Å². The van der Waals surface area contributed by atoms with Crippen molar-refractivity contribution in [2.75, 3.05) is 26.2 Å². The molecule has 4 nitrogen and oxygen atoms in total. The van der Waals surface area contributed by atoms with Gasteiger partial charge in [-0.1, -0.05) is 6.08 Å². The molecule has 0 aromatic carbocycles. The Morgan fingerprint density at radius 1 is 1.41 bits per heavy atom. The second-order valence-electron chi connectivity index (χ2n) is 4.18. The van der Waals surface area contributed by atoms with Crippen molar-refractivity contribution < 1.29 is 9.21 Å². The number of nitrogens with zero attached hydrogens (tertiary/aromatic N) is 2. The van der Waals surface area contributed by atoms with Crippen LogP contribution in [0.3, 0.4) is 0 Å². The van der Waals surface area contributed by atoms with Crippen molar-refractivity contribution in [3.8, 4) is 0 Å². The number of piperazine rings is 1. The lowest BCUT2D eigenvalue weighted by atomic mass is 10.3. The molecule has 2 heterocycles. The molecule has 0 aliphatic carbocycles. The lowest BCUT2D eigenvalue weighted by Gasteiger charge is -2.33. The van der Waals surface area contributed by atoms with Crippen LogP contribution >= 0.6 is 0 Å². The zero-order valence-corrected chi connectivity index (χ0v) is 10.1. The highest BCUT2D eigenvalue weighted by atomic mass is 16.3. The minimum atomic E-state index is 0.116. The highest BCUT2D eigenvalue weighted by molar-refractivity contribution is 5.87. The van der Waals surface area contributed by atoms with Crippen LogP contribution in [0.25, 0.3) is 0 Å². The fraction of sp³-hybridized carbons (Fsp3) is 0.462. The van der Waals surface area contributed by atoms with Crippen molar-refractivity contribution in [2.45, 2.75) is 13.5 Å². The Morgan fingerprint density at radius 2 is 2.18 bits per heavy atom. The van der Waals surface area contributed by atoms with Gasteiger partial charge in [-0.2, -0.15) is 0 Å². The van der Waals surface area contributed by atoms with Crippen LogP contribution < -0.4 is 0 Å². The van der Waals surface area contributed by atoms with Crippen LogP contribution in [0.15, 0.2) is 35.0 Å². The van der Waals surface area contributed by atoms with Crippen LogP contribution in [0, 0.1) is 0 Å². The van der Waals surface area contributed by atoms with Crippen molar-refractivity contribution in [1.29, 1.82) is 0 Å². The van der Waals surface area contributed by atoms with Crippen LogP contribution in [0.1, 0.15) is 12.7 Å². The van der Waals surface area contributed by atoms with Gasteiger partial charge < -0.3 is 9.32 Å². The van der Waals surface area contributed by atoms with E-state index in [9.17, 15) is 4.79 Å². The molecule has 1 aliphatic rings. The predicted octanol–water partition coefficient (Wildman–Crippen LogP) is 1.50. The van der Waals surface area contributed by atoms with E-state index in [1.807, 2.05) is 24.0 Å². The average Bonchev–Trinajstić information content (AvgIpc) is 2.83. The first-order valence-electron chi connectivity index (χ1n) is 5.96. The molecule has 1 fully saturated rings. The van der Waals surface area contributed by atoms with Crippen molar-refractivity contribution in [2.24, 2.45) is 0 Å². The third-order valence-corrected chi connectivity index (χ3v) is 2.95. The molecule has 1 saturated heterocycles. The van der Waals surface area contributed by atoms with E-state index in [4.69, 9.17) is 4.42 Å². The number of hydrogen-bond donors (Lipinski definition) is 0. The van der Waals surface area contributed by atoms with E-state index >= 15 is 0 Å². The van der Waals surface area contributed by atoms with Gasteiger partial charge in [0.25, 0.3) is 0 Å². The van der Waals surface area contributed by atoms with Crippen molar-refractivity contribution in [3.63, 3.8) is 0 Å². The first-order valence-corrected chi connectivity index (χ1v) is 5.96. The van der Waals surface area contributed by atoms with Crippen LogP contribution in [0.2, 0.25) is 0 Å². The Balaban J connectivity index is 1.80. The van der Waals surface area contributed by atoms with E-state index in [1.54, 1.807) is 18.4 Å². The summed E-state index contributed by atoms with van der Waals surface area (Å²) < 4.78 is 5.32. The van der Waals surface area contributed by atoms with Crippen molar-refractivity contribution in [3.05, 3.63) is 36.3 Å².